The molecule has 0 atom stereocenters. The molecular weight excluding hydrogens is 687 g/mol. The Kier molecular flexibility index (Phi) is 25.8. The summed E-state index contributed by atoms with van der Waals surface area (Å²) in [7, 11) is 0. The van der Waals surface area contributed by atoms with Crippen molar-refractivity contribution in [3.63, 3.8) is 0 Å². The van der Waals surface area contributed by atoms with Crippen LogP contribution >= 0.6 is 0 Å². The van der Waals surface area contributed by atoms with Gasteiger partial charge < -0.3 is 51.5 Å². The SMILES string of the molecule is N#CN=C=[N-].N#CN=C=[N-].O.O.[Co+2].[OH3+].[OH3+].c1cc(-c2nnc(-c3ccncc3)o2)ccn1.c1cc(-c2nnc(-c3ccncc3)o2)ccn1. The predicted molar refractivity (Wildman–Crippen MR) is 171 cm³/mol. The van der Waals surface area contributed by atoms with Gasteiger partial charge in [0.1, 0.15) is 0 Å². The van der Waals surface area contributed by atoms with Gasteiger partial charge in [-0.3, -0.25) is 19.9 Å². The molecule has 21 heteroatoms. The zero-order valence-corrected chi connectivity index (χ0v) is 25.8. The number of aliphatic imine (C=N–C) groups is 2. The van der Waals surface area contributed by atoms with E-state index in [0.29, 0.717) is 23.6 Å². The maximum absolute atomic E-state index is 7.43. The average molecular weight is 714 g/mol. The summed E-state index contributed by atoms with van der Waals surface area (Å²) >= 11 is 0. The first kappa shape index (κ1) is 46.4. The molecule has 0 unspecified atom stereocenters. The molecule has 0 saturated heterocycles. The van der Waals surface area contributed by atoms with Crippen molar-refractivity contribution in [3.05, 3.63) is 109 Å². The summed E-state index contributed by atoms with van der Waals surface area (Å²) in [6, 6.07) is 17.1. The molecule has 20 nitrogen and oxygen atoms in total. The Morgan fingerprint density at radius 3 is 0.816 bits per heavy atom. The quantitative estimate of drug-likeness (QED) is 0.142. The second-order valence-electron chi connectivity index (χ2n) is 7.39. The number of rotatable bonds is 4. The van der Waals surface area contributed by atoms with Gasteiger partial charge >= 0.3 is 16.8 Å². The minimum Gasteiger partial charge on any atom is -0.457 e. The van der Waals surface area contributed by atoms with Gasteiger partial charge in [0.2, 0.25) is 23.6 Å². The average Bonchev–Trinajstić information content (AvgIpc) is 3.80. The monoisotopic (exact) mass is 713 g/mol. The van der Waals surface area contributed by atoms with Gasteiger partial charge in [-0.15, -0.1) is 32.4 Å². The zero-order valence-electron chi connectivity index (χ0n) is 24.8. The molecule has 0 aliphatic heterocycles. The van der Waals surface area contributed by atoms with Gasteiger partial charge in [0.05, 0.1) is 12.4 Å². The standard InChI is InChI=1S/2C12H8N4O.2C2N3.Co.4H2O/c2*1-5-13-6-2-9(1)11-15-16-12(17-11)10-3-7-14-8-4-10;2*3-1-5-2-4;;;;;/h2*1-8H;;;;4*1H2/q;;2*-1;+2;;;;/p+2. The first-order valence-corrected chi connectivity index (χ1v) is 11.9. The molecule has 1 radical (unpaired) electrons. The van der Waals surface area contributed by atoms with Crippen molar-refractivity contribution >= 4 is 12.0 Å². The number of hydrogen-bond acceptors (Lipinski definition) is 14. The van der Waals surface area contributed by atoms with E-state index in [2.05, 4.69) is 50.3 Å². The normalized spacial score (nSPS) is 7.96. The molecule has 6 aromatic rings. The van der Waals surface area contributed by atoms with Gasteiger partial charge in [0.15, 0.2) is 0 Å². The fourth-order valence-electron chi connectivity index (χ4n) is 2.94. The number of nitrogens with zero attached hydrogens (tertiary/aromatic N) is 14. The van der Waals surface area contributed by atoms with Gasteiger partial charge in [0, 0.05) is 71.8 Å². The Labute approximate surface area is 287 Å². The fraction of sp³-hybridized carbons (Fsp3) is 0. The molecule has 251 valence electrons. The largest absolute Gasteiger partial charge is 2.00 e. The van der Waals surface area contributed by atoms with E-state index >= 15 is 0 Å². The summed E-state index contributed by atoms with van der Waals surface area (Å²) in [4.78, 5) is 20.9. The van der Waals surface area contributed by atoms with Gasteiger partial charge in [-0.1, -0.05) is 0 Å². The smallest absolute Gasteiger partial charge is 0.457 e. The van der Waals surface area contributed by atoms with E-state index in [-0.39, 0.29) is 38.7 Å². The topological polar surface area (TPSA) is 375 Å². The van der Waals surface area contributed by atoms with Crippen LogP contribution in [0.2, 0.25) is 0 Å². The van der Waals surface area contributed by atoms with E-state index in [4.69, 9.17) is 30.2 Å². The molecule has 0 aliphatic rings. The van der Waals surface area contributed by atoms with Crippen LogP contribution in [0.5, 0.6) is 0 Å². The Balaban J connectivity index is -0.000000630. The van der Waals surface area contributed by atoms with Crippen LogP contribution in [0.1, 0.15) is 0 Å². The number of nitriles is 2. The Bertz CT molecular complexity index is 1660. The molecule has 10 N–H and O–H groups in total. The van der Waals surface area contributed by atoms with Crippen LogP contribution in [0, 0.1) is 22.9 Å². The van der Waals surface area contributed by atoms with E-state index in [1.165, 1.54) is 24.4 Å². The number of pyridine rings is 4. The number of aromatic nitrogens is 8. The summed E-state index contributed by atoms with van der Waals surface area (Å²) in [5, 5.41) is 45.7. The molecule has 0 aromatic carbocycles. The minimum absolute atomic E-state index is 0. The van der Waals surface area contributed by atoms with Gasteiger partial charge in [-0.05, 0) is 48.5 Å². The molecule has 49 heavy (non-hydrogen) atoms. The van der Waals surface area contributed by atoms with Crippen LogP contribution < -0.4 is 0 Å². The van der Waals surface area contributed by atoms with Crippen molar-refractivity contribution < 1.29 is 47.5 Å². The summed E-state index contributed by atoms with van der Waals surface area (Å²) < 4.78 is 11.2. The van der Waals surface area contributed by atoms with E-state index in [9.17, 15) is 0 Å². The second-order valence-corrected chi connectivity index (χ2v) is 7.39. The van der Waals surface area contributed by atoms with E-state index in [1.54, 1.807) is 49.6 Å². The van der Waals surface area contributed by atoms with E-state index in [0.717, 1.165) is 22.3 Å². The number of hydrogen-bond donors (Lipinski definition) is 0. The third-order valence-corrected chi connectivity index (χ3v) is 4.76. The zero-order chi connectivity index (χ0) is 31.2. The molecule has 0 fully saturated rings. The summed E-state index contributed by atoms with van der Waals surface area (Å²) in [5.74, 6) is 1.94. The fourth-order valence-corrected chi connectivity index (χ4v) is 2.94. The molecule has 6 aromatic heterocycles. The van der Waals surface area contributed by atoms with Gasteiger partial charge in [-0.25, -0.2) is 0 Å². The Hall–Kier alpha value is -7.03. The van der Waals surface area contributed by atoms with Crippen molar-refractivity contribution in [2.75, 3.05) is 0 Å². The summed E-state index contributed by atoms with van der Waals surface area (Å²) in [6.45, 7) is 0. The molecule has 6 rings (SSSR count). The van der Waals surface area contributed by atoms with Gasteiger partial charge in [0.25, 0.3) is 0 Å². The summed E-state index contributed by atoms with van der Waals surface area (Å²) in [5.41, 5.74) is 3.42. The van der Waals surface area contributed by atoms with Crippen molar-refractivity contribution in [1.29, 1.82) is 10.5 Å². The molecule has 0 aliphatic carbocycles. The van der Waals surface area contributed by atoms with Crippen LogP contribution in [0.3, 0.4) is 0 Å². The molecule has 6 heterocycles. The second kappa shape index (κ2) is 27.3. The summed E-state index contributed by atoms with van der Waals surface area (Å²) in [6.07, 6.45) is 16.1. The Morgan fingerprint density at radius 2 is 0.673 bits per heavy atom. The Morgan fingerprint density at radius 1 is 0.469 bits per heavy atom. The van der Waals surface area contributed by atoms with Crippen LogP contribution in [-0.2, 0) is 27.7 Å². The van der Waals surface area contributed by atoms with Crippen molar-refractivity contribution in [3.8, 4) is 58.2 Å². The van der Waals surface area contributed by atoms with Crippen LogP contribution in [0.4, 0.5) is 0 Å². The molecule has 0 saturated carbocycles. The minimum atomic E-state index is 0. The van der Waals surface area contributed by atoms with Crippen LogP contribution in [0.25, 0.3) is 56.6 Å². The molecule has 0 bridgehead atoms. The third kappa shape index (κ3) is 15.7. The maximum Gasteiger partial charge on any atom is 2.00 e. The third-order valence-electron chi connectivity index (χ3n) is 4.76. The van der Waals surface area contributed by atoms with Crippen LogP contribution in [0.15, 0.2) is 117 Å². The molecular formula is C28H26CoN14O6+2. The van der Waals surface area contributed by atoms with E-state index in [1.807, 2.05) is 48.5 Å². The molecule has 0 spiro atoms. The first-order chi connectivity index (χ1) is 21.7. The van der Waals surface area contributed by atoms with Crippen LogP contribution in [-0.4, -0.2) is 63.3 Å². The van der Waals surface area contributed by atoms with Gasteiger partial charge in [-0.2, -0.15) is 10.5 Å². The van der Waals surface area contributed by atoms with Crippen molar-refractivity contribution in [1.82, 2.24) is 40.3 Å². The van der Waals surface area contributed by atoms with E-state index < -0.39 is 0 Å². The molecule has 0 amide bonds. The predicted octanol–water partition coefficient (Wildman–Crippen LogP) is 1.31. The maximum atomic E-state index is 7.43. The first-order valence-electron chi connectivity index (χ1n) is 11.9. The van der Waals surface area contributed by atoms with Crippen molar-refractivity contribution in [2.45, 2.75) is 0 Å². The van der Waals surface area contributed by atoms with Crippen molar-refractivity contribution in [2.24, 2.45) is 9.98 Å².